The maximum absolute atomic E-state index is 13.3. The first-order valence-corrected chi connectivity index (χ1v) is 14.5. The molecule has 0 amide bonds. The lowest BCUT2D eigenvalue weighted by Gasteiger charge is -2.16. The molecule has 1 saturated carbocycles. The van der Waals surface area contributed by atoms with Gasteiger partial charge in [-0.1, -0.05) is 18.6 Å². The second-order valence-electron chi connectivity index (χ2n) is 9.33. The third kappa shape index (κ3) is 6.77. The molecule has 0 atom stereocenters. The normalized spacial score (nSPS) is 13.4. The molecule has 1 aliphatic rings. The van der Waals surface area contributed by atoms with Gasteiger partial charge in [-0.15, -0.1) is 22.7 Å². The average molecular weight is 651 g/mol. The lowest BCUT2D eigenvalue weighted by atomic mass is 9.99. The number of pyridine rings is 2. The number of nitrogen functional groups attached to an aromatic ring is 1. The zero-order valence-electron chi connectivity index (χ0n) is 22.4. The first-order valence-electron chi connectivity index (χ1n) is 12.7. The number of hydrogen-bond donors (Lipinski definition) is 1. The zero-order chi connectivity index (χ0) is 32.2. The number of aromatic nitrogens is 2. The molecule has 0 saturated heterocycles. The number of hydrogen-bond acceptors (Lipinski definition) is 8. The molecule has 1 aliphatic carbocycles. The molecule has 4 heterocycles. The van der Waals surface area contributed by atoms with Gasteiger partial charge >= 0.3 is 12.4 Å². The predicted molar refractivity (Wildman–Crippen MR) is 154 cm³/mol. The molecular weight excluding hydrogens is 630 g/mol. The highest BCUT2D eigenvalue weighted by Crippen LogP contribution is 2.35. The summed E-state index contributed by atoms with van der Waals surface area (Å²) in [6, 6.07) is 10.7. The Labute approximate surface area is 253 Å². The lowest BCUT2D eigenvalue weighted by Crippen LogP contribution is -2.33. The minimum absolute atomic E-state index is 0.0596. The quantitative estimate of drug-likeness (QED) is 0.192. The average Bonchev–Trinajstić information content (AvgIpc) is 3.70. The Kier molecular flexibility index (Phi) is 9.46. The first kappa shape index (κ1) is 32.2. The standard InChI is InChI=1S/C17H14F3N3OS.C11H6F3N3OS/c18-17(19,20)13-9-14(15-7-4-8-25-15)23(16(24)12(13)10-21)22-11-5-2-1-3-6-11;12-11(13,14)7-4-8(9-2-1-3-19-9)17(16)10(18)6(7)5-15/h4,7-9H,1-3,5-6H2;1-4H,16H2. The summed E-state index contributed by atoms with van der Waals surface area (Å²) in [6.07, 6.45) is -5.21. The number of nitriles is 2. The molecule has 0 radical (unpaired) electrons. The van der Waals surface area contributed by atoms with Crippen LogP contribution in [0.5, 0.6) is 0 Å². The highest BCUT2D eigenvalue weighted by atomic mass is 32.1. The van der Waals surface area contributed by atoms with Crippen LogP contribution in [0, 0.1) is 22.7 Å². The molecule has 16 heteroatoms. The Morgan fingerprint density at radius 3 is 1.70 bits per heavy atom. The molecule has 228 valence electrons. The van der Waals surface area contributed by atoms with Crippen LogP contribution < -0.4 is 17.0 Å². The highest BCUT2D eigenvalue weighted by molar-refractivity contribution is 7.13. The molecule has 1 fully saturated rings. The van der Waals surface area contributed by atoms with Crippen molar-refractivity contribution in [2.75, 3.05) is 5.84 Å². The van der Waals surface area contributed by atoms with Crippen LogP contribution in [-0.2, 0) is 12.4 Å². The summed E-state index contributed by atoms with van der Waals surface area (Å²) in [5.41, 5.74) is -5.86. The van der Waals surface area contributed by atoms with E-state index >= 15 is 0 Å². The zero-order valence-corrected chi connectivity index (χ0v) is 24.0. The molecule has 8 nitrogen and oxygen atoms in total. The van der Waals surface area contributed by atoms with Gasteiger partial charge in [-0.2, -0.15) is 46.6 Å². The number of alkyl halides is 6. The van der Waals surface area contributed by atoms with Gasteiger partial charge in [-0.3, -0.25) is 9.59 Å². The van der Waals surface area contributed by atoms with Crippen molar-refractivity contribution in [3.63, 3.8) is 0 Å². The van der Waals surface area contributed by atoms with Gasteiger partial charge < -0.3 is 5.84 Å². The molecule has 5 rings (SSSR count). The van der Waals surface area contributed by atoms with Crippen LogP contribution in [0.4, 0.5) is 26.3 Å². The lowest BCUT2D eigenvalue weighted by molar-refractivity contribution is -0.138. The van der Waals surface area contributed by atoms with Crippen molar-refractivity contribution in [3.05, 3.63) is 90.1 Å². The van der Waals surface area contributed by atoms with E-state index in [4.69, 9.17) is 16.4 Å². The molecule has 0 bridgehead atoms. The van der Waals surface area contributed by atoms with Crippen molar-refractivity contribution < 1.29 is 26.3 Å². The monoisotopic (exact) mass is 650 g/mol. The van der Waals surface area contributed by atoms with Gasteiger partial charge in [-0.25, -0.2) is 4.68 Å². The molecule has 0 spiro atoms. The van der Waals surface area contributed by atoms with Gasteiger partial charge in [0.2, 0.25) is 0 Å². The number of nitrogens with zero attached hydrogens (tertiary/aromatic N) is 5. The SMILES string of the molecule is N#Cc1c(C(F)(F)F)cc(-c2cccs2)n(N)c1=O.N#Cc1c(C(F)(F)F)cc(-c2cccs2)n(N=C2CCCCC2)c1=O. The Morgan fingerprint density at radius 1 is 0.773 bits per heavy atom. The van der Waals surface area contributed by atoms with E-state index in [0.717, 1.165) is 47.1 Å². The summed E-state index contributed by atoms with van der Waals surface area (Å²) in [5, 5.41) is 25.5. The maximum atomic E-state index is 13.3. The minimum Gasteiger partial charge on any atom is -0.336 e. The fourth-order valence-electron chi connectivity index (χ4n) is 4.40. The minimum atomic E-state index is -4.79. The van der Waals surface area contributed by atoms with Gasteiger partial charge in [-0.05, 0) is 60.7 Å². The van der Waals surface area contributed by atoms with E-state index in [2.05, 4.69) is 5.10 Å². The molecule has 4 aromatic heterocycles. The van der Waals surface area contributed by atoms with E-state index in [0.29, 0.717) is 33.3 Å². The molecule has 0 aliphatic heterocycles. The molecule has 44 heavy (non-hydrogen) atoms. The van der Waals surface area contributed by atoms with Gasteiger partial charge in [0.1, 0.15) is 23.3 Å². The van der Waals surface area contributed by atoms with Crippen molar-refractivity contribution in [1.29, 1.82) is 10.5 Å². The van der Waals surface area contributed by atoms with E-state index in [9.17, 15) is 35.9 Å². The van der Waals surface area contributed by atoms with E-state index in [1.807, 2.05) is 0 Å². The second-order valence-corrected chi connectivity index (χ2v) is 11.2. The number of halogens is 6. The summed E-state index contributed by atoms with van der Waals surface area (Å²) in [6.45, 7) is 0. The van der Waals surface area contributed by atoms with Gasteiger partial charge in [0, 0.05) is 5.71 Å². The van der Waals surface area contributed by atoms with Crippen molar-refractivity contribution in [1.82, 2.24) is 9.35 Å². The molecule has 4 aromatic rings. The van der Waals surface area contributed by atoms with Crippen LogP contribution in [0.25, 0.3) is 21.1 Å². The van der Waals surface area contributed by atoms with Crippen molar-refractivity contribution in [3.8, 4) is 33.3 Å². The summed E-state index contributed by atoms with van der Waals surface area (Å²) < 4.78 is 79.9. The van der Waals surface area contributed by atoms with Gasteiger partial charge in [0.15, 0.2) is 0 Å². The number of rotatable bonds is 3. The van der Waals surface area contributed by atoms with Gasteiger partial charge in [0.25, 0.3) is 11.1 Å². The molecule has 2 N–H and O–H groups in total. The summed E-state index contributed by atoms with van der Waals surface area (Å²) in [5.74, 6) is 5.45. The van der Waals surface area contributed by atoms with Crippen molar-refractivity contribution in [2.45, 2.75) is 44.5 Å². The molecule has 0 aromatic carbocycles. The fourth-order valence-corrected chi connectivity index (χ4v) is 5.87. The molecule has 0 unspecified atom stereocenters. The van der Waals surface area contributed by atoms with E-state index in [1.165, 1.54) is 29.5 Å². The summed E-state index contributed by atoms with van der Waals surface area (Å²) in [4.78, 5) is 25.2. The van der Waals surface area contributed by atoms with E-state index in [-0.39, 0.29) is 11.4 Å². The third-order valence-corrected chi connectivity index (χ3v) is 8.27. The van der Waals surface area contributed by atoms with Crippen LogP contribution in [0.2, 0.25) is 0 Å². The number of nitrogens with two attached hydrogens (primary N) is 1. The first-order chi connectivity index (χ1) is 20.8. The third-order valence-electron chi connectivity index (χ3n) is 6.48. The van der Waals surface area contributed by atoms with E-state index in [1.54, 1.807) is 29.0 Å². The Bertz CT molecular complexity index is 1880. The second kappa shape index (κ2) is 12.9. The highest BCUT2D eigenvalue weighted by Gasteiger charge is 2.37. The van der Waals surface area contributed by atoms with Crippen molar-refractivity contribution in [2.24, 2.45) is 5.10 Å². The number of thiophene rings is 2. The fraction of sp³-hybridized carbons (Fsp3) is 0.250. The van der Waals surface area contributed by atoms with Crippen LogP contribution in [0.1, 0.15) is 54.4 Å². The summed E-state index contributed by atoms with van der Waals surface area (Å²) >= 11 is 2.36. The Morgan fingerprint density at radius 2 is 1.25 bits per heavy atom. The van der Waals surface area contributed by atoms with Crippen molar-refractivity contribution >= 4 is 28.4 Å². The summed E-state index contributed by atoms with van der Waals surface area (Å²) in [7, 11) is 0. The van der Waals surface area contributed by atoms with Gasteiger partial charge in [0.05, 0.1) is 32.3 Å². The van der Waals surface area contributed by atoms with E-state index < -0.39 is 45.7 Å². The van der Waals surface area contributed by atoms with Crippen LogP contribution in [0.15, 0.2) is 61.8 Å². The topological polar surface area (TPSA) is 130 Å². The van der Waals surface area contributed by atoms with Crippen LogP contribution >= 0.6 is 22.7 Å². The smallest absolute Gasteiger partial charge is 0.336 e. The van der Waals surface area contributed by atoms with Crippen LogP contribution in [0.3, 0.4) is 0 Å². The largest absolute Gasteiger partial charge is 0.417 e. The van der Waals surface area contributed by atoms with Crippen LogP contribution in [-0.4, -0.2) is 15.1 Å². The molecular formula is C28H20F6N6O2S2. The Balaban J connectivity index is 0.000000209. The maximum Gasteiger partial charge on any atom is 0.417 e. The predicted octanol–water partition coefficient (Wildman–Crippen LogP) is 6.82. The Hall–Kier alpha value is -4.67.